The lowest BCUT2D eigenvalue weighted by Gasteiger charge is -2.43. The molecule has 1 aromatic rings. The second-order valence-corrected chi connectivity index (χ2v) is 6.44. The summed E-state index contributed by atoms with van der Waals surface area (Å²) in [6, 6.07) is 0.218. The van der Waals surface area contributed by atoms with Crippen molar-refractivity contribution >= 4 is 30.7 Å². The number of fused-ring (bicyclic) bond motifs is 2. The van der Waals surface area contributed by atoms with Gasteiger partial charge in [0.2, 0.25) is 5.91 Å². The molecule has 0 radical (unpaired) electrons. The van der Waals surface area contributed by atoms with Crippen molar-refractivity contribution in [2.75, 3.05) is 0 Å². The van der Waals surface area contributed by atoms with Crippen LogP contribution >= 0.6 is 24.8 Å². The molecule has 2 bridgehead atoms. The Morgan fingerprint density at radius 3 is 2.54 bits per heavy atom. The summed E-state index contributed by atoms with van der Waals surface area (Å²) < 4.78 is 26.2. The highest BCUT2D eigenvalue weighted by molar-refractivity contribution is 5.85. The Balaban J connectivity index is 0.00000144. The molecule has 0 aliphatic heterocycles. The molecule has 0 saturated heterocycles. The van der Waals surface area contributed by atoms with Gasteiger partial charge >= 0.3 is 6.55 Å². The van der Waals surface area contributed by atoms with Crippen LogP contribution in [-0.2, 0) is 11.3 Å². The number of hydrogen-bond donors (Lipinski definition) is 2. The molecule has 138 valence electrons. The van der Waals surface area contributed by atoms with E-state index in [1.54, 1.807) is 0 Å². The van der Waals surface area contributed by atoms with Crippen LogP contribution in [0, 0.1) is 17.8 Å². The Bertz CT molecular complexity index is 529. The summed E-state index contributed by atoms with van der Waals surface area (Å²) in [7, 11) is 0. The first kappa shape index (κ1) is 21.1. The molecule has 0 spiro atoms. The van der Waals surface area contributed by atoms with Gasteiger partial charge in [-0.1, -0.05) is 6.42 Å². The third kappa shape index (κ3) is 4.37. The van der Waals surface area contributed by atoms with Gasteiger partial charge in [0.15, 0.2) is 0 Å². The quantitative estimate of drug-likeness (QED) is 0.837. The van der Waals surface area contributed by atoms with Crippen LogP contribution in [0.5, 0.6) is 0 Å². The van der Waals surface area contributed by atoms with Crippen LogP contribution in [0.2, 0.25) is 0 Å². The number of carbonyl (C=O) groups is 1. The van der Waals surface area contributed by atoms with E-state index in [-0.39, 0.29) is 55.1 Å². The highest BCUT2D eigenvalue weighted by Crippen LogP contribution is 2.41. The molecule has 2 aliphatic carbocycles. The van der Waals surface area contributed by atoms with Gasteiger partial charge in [-0.3, -0.25) is 9.36 Å². The molecule has 1 heterocycles. The minimum absolute atomic E-state index is 0. The molecule has 1 amide bonds. The number of halogens is 4. The van der Waals surface area contributed by atoms with Gasteiger partial charge in [0, 0.05) is 24.4 Å². The van der Waals surface area contributed by atoms with Crippen LogP contribution in [0.1, 0.15) is 44.5 Å². The molecule has 9 heteroatoms. The van der Waals surface area contributed by atoms with E-state index in [4.69, 9.17) is 5.73 Å². The molecule has 3 N–H and O–H groups in total. The maximum absolute atomic E-state index is 12.7. The predicted octanol–water partition coefficient (Wildman–Crippen LogP) is 2.89. The average molecular weight is 385 g/mol. The fraction of sp³-hybridized carbons (Fsp3) is 0.733. The number of alkyl halides is 2. The first-order chi connectivity index (χ1) is 10.6. The molecular formula is C15H24Cl2F2N4O. The molecule has 2 fully saturated rings. The van der Waals surface area contributed by atoms with Crippen molar-refractivity contribution in [1.29, 1.82) is 0 Å². The van der Waals surface area contributed by atoms with E-state index in [1.807, 2.05) is 0 Å². The molecule has 5 nitrogen and oxygen atoms in total. The maximum Gasteiger partial charge on any atom is 0.319 e. The number of nitrogens with two attached hydrogens (primary N) is 1. The van der Waals surface area contributed by atoms with E-state index in [0.29, 0.717) is 11.8 Å². The van der Waals surface area contributed by atoms with Gasteiger partial charge in [0.1, 0.15) is 5.82 Å². The Morgan fingerprint density at radius 1 is 1.33 bits per heavy atom. The largest absolute Gasteiger partial charge is 0.349 e. The number of rotatable bonds is 4. The molecule has 0 aromatic carbocycles. The topological polar surface area (TPSA) is 72.9 Å². The first-order valence-electron chi connectivity index (χ1n) is 7.89. The number of nitrogens with zero attached hydrogens (tertiary/aromatic N) is 2. The third-order valence-corrected chi connectivity index (χ3v) is 5.16. The summed E-state index contributed by atoms with van der Waals surface area (Å²) in [4.78, 5) is 16.2. The molecule has 2 atom stereocenters. The number of imidazole rings is 1. The molecule has 24 heavy (non-hydrogen) atoms. The number of nitrogens with one attached hydrogen (secondary N) is 1. The monoisotopic (exact) mass is 384 g/mol. The van der Waals surface area contributed by atoms with Gasteiger partial charge < -0.3 is 11.1 Å². The van der Waals surface area contributed by atoms with Gasteiger partial charge in [0.25, 0.3) is 0 Å². The molecule has 2 aliphatic rings. The standard InChI is InChI=1S/C15H22F2N4O.2ClH/c16-15(17)21-5-4-19-12(21)8-20-14(22)11-6-9-2-1-3-10(7-11)13(9)18;;/h4-5,9-11,13,15H,1-3,6-8,18H2,(H,20,22);2*1H. The van der Waals surface area contributed by atoms with Crippen molar-refractivity contribution in [3.05, 3.63) is 18.2 Å². The summed E-state index contributed by atoms with van der Waals surface area (Å²) in [5, 5.41) is 2.76. The SMILES string of the molecule is Cl.Cl.NC1C2CCCC1CC(C(=O)NCc1nccn1C(F)F)C2. The zero-order valence-corrected chi connectivity index (χ0v) is 14.9. The van der Waals surface area contributed by atoms with E-state index in [9.17, 15) is 13.6 Å². The highest BCUT2D eigenvalue weighted by Gasteiger charge is 2.40. The van der Waals surface area contributed by atoms with Crippen molar-refractivity contribution in [3.63, 3.8) is 0 Å². The fourth-order valence-electron chi connectivity index (χ4n) is 3.97. The minimum Gasteiger partial charge on any atom is -0.349 e. The molecule has 2 unspecified atom stereocenters. The molecular weight excluding hydrogens is 361 g/mol. The average Bonchev–Trinajstić information content (AvgIpc) is 2.93. The first-order valence-corrected chi connectivity index (χ1v) is 7.89. The zero-order chi connectivity index (χ0) is 15.7. The smallest absolute Gasteiger partial charge is 0.319 e. The van der Waals surface area contributed by atoms with Crippen LogP contribution in [0.4, 0.5) is 8.78 Å². The Morgan fingerprint density at radius 2 is 1.96 bits per heavy atom. The van der Waals surface area contributed by atoms with Crippen LogP contribution in [0.3, 0.4) is 0 Å². The Hall–Kier alpha value is -0.920. The minimum atomic E-state index is -2.64. The van der Waals surface area contributed by atoms with Crippen molar-refractivity contribution in [1.82, 2.24) is 14.9 Å². The Kier molecular flexibility index (Phi) is 7.89. The van der Waals surface area contributed by atoms with Gasteiger partial charge in [-0.2, -0.15) is 8.78 Å². The van der Waals surface area contributed by atoms with E-state index in [0.717, 1.165) is 30.3 Å². The van der Waals surface area contributed by atoms with Gasteiger partial charge in [-0.15, -0.1) is 24.8 Å². The number of amides is 1. The van der Waals surface area contributed by atoms with Crippen LogP contribution in [0.25, 0.3) is 0 Å². The fourth-order valence-corrected chi connectivity index (χ4v) is 3.97. The zero-order valence-electron chi connectivity index (χ0n) is 13.2. The molecule has 2 saturated carbocycles. The van der Waals surface area contributed by atoms with Gasteiger partial charge in [-0.05, 0) is 37.5 Å². The highest BCUT2D eigenvalue weighted by atomic mass is 35.5. The van der Waals surface area contributed by atoms with E-state index < -0.39 is 6.55 Å². The summed E-state index contributed by atoms with van der Waals surface area (Å²) in [6.45, 7) is -2.60. The van der Waals surface area contributed by atoms with Crippen molar-refractivity contribution in [3.8, 4) is 0 Å². The lowest BCUT2D eigenvalue weighted by Crippen LogP contribution is -2.49. The van der Waals surface area contributed by atoms with Gasteiger partial charge in [-0.25, -0.2) is 4.98 Å². The number of hydrogen-bond acceptors (Lipinski definition) is 3. The predicted molar refractivity (Wildman–Crippen MR) is 91.4 cm³/mol. The lowest BCUT2D eigenvalue weighted by molar-refractivity contribution is -0.128. The summed E-state index contributed by atoms with van der Waals surface area (Å²) in [6.07, 6.45) is 7.55. The molecule has 3 rings (SSSR count). The second kappa shape index (κ2) is 8.97. The Labute approximate surface area is 152 Å². The number of carbonyl (C=O) groups excluding carboxylic acids is 1. The second-order valence-electron chi connectivity index (χ2n) is 6.44. The van der Waals surface area contributed by atoms with E-state index >= 15 is 0 Å². The van der Waals surface area contributed by atoms with E-state index in [1.165, 1.54) is 18.8 Å². The van der Waals surface area contributed by atoms with Crippen molar-refractivity contribution in [2.45, 2.75) is 51.2 Å². The summed E-state index contributed by atoms with van der Waals surface area (Å²) in [5.41, 5.74) is 6.22. The van der Waals surface area contributed by atoms with Crippen molar-refractivity contribution < 1.29 is 13.6 Å². The normalized spacial score (nSPS) is 28.7. The summed E-state index contributed by atoms with van der Waals surface area (Å²) in [5.74, 6) is 0.909. The number of aromatic nitrogens is 2. The van der Waals surface area contributed by atoms with E-state index in [2.05, 4.69) is 10.3 Å². The van der Waals surface area contributed by atoms with Crippen molar-refractivity contribution in [2.24, 2.45) is 23.5 Å². The van der Waals surface area contributed by atoms with Gasteiger partial charge in [0.05, 0.1) is 6.54 Å². The molecule has 1 aromatic heterocycles. The van der Waals surface area contributed by atoms with Crippen LogP contribution in [-0.4, -0.2) is 21.5 Å². The lowest BCUT2D eigenvalue weighted by atomic mass is 9.65. The van der Waals surface area contributed by atoms with Crippen LogP contribution in [0.15, 0.2) is 12.4 Å². The maximum atomic E-state index is 12.7. The third-order valence-electron chi connectivity index (χ3n) is 5.16. The van der Waals surface area contributed by atoms with Crippen LogP contribution < -0.4 is 11.1 Å². The summed E-state index contributed by atoms with van der Waals surface area (Å²) >= 11 is 0.